The van der Waals surface area contributed by atoms with Crippen LogP contribution < -0.4 is 21.3 Å². The first-order valence-electron chi connectivity index (χ1n) is 16.6. The van der Waals surface area contributed by atoms with E-state index < -0.39 is 53.8 Å². The fourth-order valence-corrected chi connectivity index (χ4v) is 7.37. The number of rotatable bonds is 9. The van der Waals surface area contributed by atoms with Crippen molar-refractivity contribution in [2.24, 2.45) is 16.5 Å². The monoisotopic (exact) mass is 677 g/mol. The number of amides is 5. The van der Waals surface area contributed by atoms with Gasteiger partial charge in [0.15, 0.2) is 5.71 Å². The molecule has 49 heavy (non-hydrogen) atoms. The molecule has 4 aliphatic rings. The first-order valence-corrected chi connectivity index (χ1v) is 16.6. The molecular weight excluding hydrogens is 636 g/mol. The van der Waals surface area contributed by atoms with Gasteiger partial charge in [-0.2, -0.15) is 0 Å². The average molecular weight is 678 g/mol. The van der Waals surface area contributed by atoms with E-state index in [0.29, 0.717) is 24.5 Å². The molecule has 0 aromatic heterocycles. The number of anilines is 2. The van der Waals surface area contributed by atoms with Crippen LogP contribution in [0.5, 0.6) is 0 Å². The van der Waals surface area contributed by atoms with Crippen molar-refractivity contribution in [1.82, 2.24) is 15.5 Å². The molecule has 260 valence electrons. The molecule has 1 unspecified atom stereocenters. The minimum Gasteiger partial charge on any atom is -0.410 e. The lowest BCUT2D eigenvalue weighted by Crippen LogP contribution is -2.66. The number of benzene rings is 2. The van der Waals surface area contributed by atoms with Gasteiger partial charge in [-0.1, -0.05) is 23.4 Å². The van der Waals surface area contributed by atoms with Gasteiger partial charge >= 0.3 is 6.03 Å². The minimum absolute atomic E-state index is 0.0251. The Morgan fingerprint density at radius 1 is 1.02 bits per heavy atom. The molecule has 3 aliphatic carbocycles. The summed E-state index contributed by atoms with van der Waals surface area (Å²) in [5, 5.41) is 31.2. The lowest BCUT2D eigenvalue weighted by atomic mass is 9.81. The van der Waals surface area contributed by atoms with Gasteiger partial charge in [0.25, 0.3) is 11.8 Å². The Morgan fingerprint density at radius 2 is 1.71 bits per heavy atom. The highest BCUT2D eigenvalue weighted by molar-refractivity contribution is 6.65. The van der Waals surface area contributed by atoms with Crippen LogP contribution in [-0.4, -0.2) is 75.9 Å². The normalized spacial score (nSPS) is 23.2. The second-order valence-electron chi connectivity index (χ2n) is 14.1. The number of carbonyl (C=O) groups excluding carboxylic acids is 4. The van der Waals surface area contributed by atoms with Crippen molar-refractivity contribution in [2.45, 2.75) is 82.7 Å². The second-order valence-corrected chi connectivity index (χ2v) is 14.1. The largest absolute Gasteiger partial charge is 0.410 e. The number of fused-ring (bicyclic) bond motifs is 1. The molecule has 5 amide bonds. The summed E-state index contributed by atoms with van der Waals surface area (Å²) < 4.78 is 28.0. The van der Waals surface area contributed by atoms with Crippen molar-refractivity contribution in [3.63, 3.8) is 0 Å². The number of oxime groups is 1. The number of carbonyl (C=O) groups is 4. The maximum absolute atomic E-state index is 14.3. The lowest BCUT2D eigenvalue weighted by Gasteiger charge is -2.44. The van der Waals surface area contributed by atoms with E-state index in [1.165, 1.54) is 6.92 Å². The molecule has 0 radical (unpaired) electrons. The fraction of sp³-hybridized carbons (Fsp3) is 0.486. The molecule has 2 saturated carbocycles. The topological polar surface area (TPSA) is 176 Å². The molecular formula is C35H41F2N7O5. The SMILES string of the molecule is CC(=N)C(=NO)C(=O)N[C@H](C(=O)Nc1ccc2c(c1)CC(C(=O)Nc1cccc(C)c1)(N1CC3(CC3)CNC1=O)C2)C1CCC(F)(F)CC1. The van der Waals surface area contributed by atoms with Crippen LogP contribution in [0.15, 0.2) is 47.6 Å². The van der Waals surface area contributed by atoms with E-state index in [1.54, 1.807) is 29.2 Å². The van der Waals surface area contributed by atoms with E-state index in [2.05, 4.69) is 26.4 Å². The summed E-state index contributed by atoms with van der Waals surface area (Å²) >= 11 is 0. The highest BCUT2D eigenvalue weighted by Gasteiger charge is 2.57. The molecule has 14 heteroatoms. The number of alkyl halides is 2. The highest BCUT2D eigenvalue weighted by atomic mass is 19.3. The molecule has 1 heterocycles. The molecule has 1 saturated heterocycles. The lowest BCUT2D eigenvalue weighted by molar-refractivity contribution is -0.127. The Bertz CT molecular complexity index is 1730. The Balaban J connectivity index is 1.26. The van der Waals surface area contributed by atoms with Crippen molar-refractivity contribution in [2.75, 3.05) is 23.7 Å². The van der Waals surface area contributed by atoms with Gasteiger partial charge in [-0.05, 0) is 86.4 Å². The smallest absolute Gasteiger partial charge is 0.318 e. The zero-order valence-electron chi connectivity index (χ0n) is 27.5. The summed E-state index contributed by atoms with van der Waals surface area (Å²) in [6, 6.07) is 11.1. The molecule has 2 aromatic carbocycles. The van der Waals surface area contributed by atoms with Crippen molar-refractivity contribution >= 4 is 46.6 Å². The van der Waals surface area contributed by atoms with Crippen LogP contribution in [0, 0.1) is 23.7 Å². The Morgan fingerprint density at radius 3 is 2.37 bits per heavy atom. The van der Waals surface area contributed by atoms with Gasteiger partial charge in [-0.25, -0.2) is 13.6 Å². The fourth-order valence-electron chi connectivity index (χ4n) is 7.37. The minimum atomic E-state index is -2.87. The first-order chi connectivity index (χ1) is 23.2. The van der Waals surface area contributed by atoms with Gasteiger partial charge in [0.1, 0.15) is 11.6 Å². The summed E-state index contributed by atoms with van der Waals surface area (Å²) in [7, 11) is 0. The zero-order valence-corrected chi connectivity index (χ0v) is 27.5. The van der Waals surface area contributed by atoms with Gasteiger partial charge in [0, 0.05) is 55.6 Å². The van der Waals surface area contributed by atoms with Gasteiger partial charge in [-0.3, -0.25) is 14.4 Å². The van der Waals surface area contributed by atoms with Crippen LogP contribution >= 0.6 is 0 Å². The average Bonchev–Trinajstić information content (AvgIpc) is 3.69. The molecule has 12 nitrogen and oxygen atoms in total. The van der Waals surface area contributed by atoms with E-state index in [1.807, 2.05) is 25.1 Å². The molecule has 1 aliphatic heterocycles. The summed E-state index contributed by atoms with van der Waals surface area (Å²) in [6.45, 7) is 4.19. The third-order valence-corrected chi connectivity index (χ3v) is 10.4. The number of urea groups is 1. The molecule has 6 rings (SSSR count). The number of hydrogen-bond donors (Lipinski definition) is 6. The number of nitrogens with one attached hydrogen (secondary N) is 5. The van der Waals surface area contributed by atoms with Crippen molar-refractivity contribution in [3.05, 3.63) is 59.2 Å². The number of halogens is 2. The predicted octanol–water partition coefficient (Wildman–Crippen LogP) is 4.40. The number of nitrogens with zero attached hydrogens (tertiary/aromatic N) is 2. The van der Waals surface area contributed by atoms with Gasteiger partial charge in [0.05, 0.1) is 5.71 Å². The van der Waals surface area contributed by atoms with Crippen molar-refractivity contribution in [1.29, 1.82) is 5.41 Å². The standard InChI is InChI=1S/C35H41F2N7O5/c1-20-4-3-5-25(14-20)41-31(47)34(44-19-33(12-13-33)18-39-32(44)48)16-23-6-7-26(15-24(23)17-34)40-30(46)28(22-8-10-35(36,37)11-9-22)42-29(45)27(43-49)21(2)38/h3-7,14-15,22,28,38,49H,8-13,16-19H2,1-2H3,(H,39,48)(H,40,46)(H,41,47)(H,42,45)/t28-,34?/m0/s1. The van der Waals surface area contributed by atoms with Crippen molar-refractivity contribution in [3.8, 4) is 0 Å². The van der Waals surface area contributed by atoms with Crippen LogP contribution in [-0.2, 0) is 27.2 Å². The number of aryl methyl sites for hydroxylation is 1. The third kappa shape index (κ3) is 6.99. The molecule has 0 bridgehead atoms. The van der Waals surface area contributed by atoms with Gasteiger partial charge in [0.2, 0.25) is 11.8 Å². The van der Waals surface area contributed by atoms with Crippen LogP contribution in [0.3, 0.4) is 0 Å². The van der Waals surface area contributed by atoms with Gasteiger partial charge in [-0.15, -0.1) is 0 Å². The van der Waals surface area contributed by atoms with Crippen LogP contribution in [0.25, 0.3) is 0 Å². The van der Waals surface area contributed by atoms with E-state index in [0.717, 1.165) is 29.5 Å². The Kier molecular flexibility index (Phi) is 8.92. The van der Waals surface area contributed by atoms with Gasteiger partial charge < -0.3 is 36.8 Å². The zero-order chi connectivity index (χ0) is 35.1. The van der Waals surface area contributed by atoms with Crippen molar-refractivity contribution < 1.29 is 33.2 Å². The molecule has 2 aromatic rings. The molecule has 6 N–H and O–H groups in total. The summed E-state index contributed by atoms with van der Waals surface area (Å²) in [5.41, 5.74) is 1.33. The maximum Gasteiger partial charge on any atom is 0.318 e. The van der Waals surface area contributed by atoms with E-state index in [9.17, 15) is 33.2 Å². The molecule has 2 atom stereocenters. The Labute approximate surface area is 282 Å². The van der Waals surface area contributed by atoms with Crippen LogP contribution in [0.1, 0.15) is 62.1 Å². The predicted molar refractivity (Wildman–Crippen MR) is 178 cm³/mol. The molecule has 1 spiro atoms. The quantitative estimate of drug-likeness (QED) is 0.131. The number of hydrogen-bond acceptors (Lipinski definition) is 7. The molecule has 3 fully saturated rings. The summed E-state index contributed by atoms with van der Waals surface area (Å²) in [6.07, 6.45) is 1.44. The Hall–Kier alpha value is -4.88. The first kappa shape index (κ1) is 34.0. The summed E-state index contributed by atoms with van der Waals surface area (Å²) in [4.78, 5) is 55.9. The van der Waals surface area contributed by atoms with E-state index in [-0.39, 0.29) is 48.7 Å². The van der Waals surface area contributed by atoms with E-state index >= 15 is 0 Å². The van der Waals surface area contributed by atoms with Crippen LogP contribution in [0.2, 0.25) is 0 Å². The highest BCUT2D eigenvalue weighted by Crippen LogP contribution is 2.50. The second kappa shape index (κ2) is 12.9. The summed E-state index contributed by atoms with van der Waals surface area (Å²) in [5.74, 6) is -5.44. The maximum atomic E-state index is 14.3. The van der Waals surface area contributed by atoms with Crippen LogP contribution in [0.4, 0.5) is 25.0 Å². The van der Waals surface area contributed by atoms with E-state index in [4.69, 9.17) is 5.41 Å². The third-order valence-electron chi connectivity index (χ3n) is 10.4.